The van der Waals surface area contributed by atoms with Crippen molar-refractivity contribution in [1.29, 1.82) is 0 Å². The molecule has 0 saturated heterocycles. The van der Waals surface area contributed by atoms with Gasteiger partial charge in [0.1, 0.15) is 12.1 Å². The van der Waals surface area contributed by atoms with Crippen molar-refractivity contribution in [2.45, 2.75) is 72.0 Å². The lowest BCUT2D eigenvalue weighted by atomic mass is 9.94. The summed E-state index contributed by atoms with van der Waals surface area (Å²) in [5, 5.41) is 20.9. The van der Waals surface area contributed by atoms with Gasteiger partial charge in [-0.3, -0.25) is 19.6 Å². The molecular weight excluding hydrogens is 414 g/mol. The second-order valence-corrected chi connectivity index (χ2v) is 8.40. The maximum atomic E-state index is 13.3. The first-order chi connectivity index (χ1) is 15.1. The van der Waals surface area contributed by atoms with Crippen molar-refractivity contribution in [1.82, 2.24) is 15.7 Å². The molecule has 0 aliphatic carbocycles. The maximum absolute atomic E-state index is 13.3. The fourth-order valence-corrected chi connectivity index (χ4v) is 3.42. The molecule has 0 spiro atoms. The number of nitrogens with one attached hydrogen (secondary N) is 2. The van der Waals surface area contributed by atoms with Crippen LogP contribution >= 0.6 is 0 Å². The topological polar surface area (TPSA) is 136 Å². The van der Waals surface area contributed by atoms with Crippen LogP contribution < -0.4 is 10.8 Å². The van der Waals surface area contributed by atoms with E-state index in [2.05, 4.69) is 5.32 Å². The van der Waals surface area contributed by atoms with Crippen LogP contribution in [0.1, 0.15) is 58.9 Å². The van der Waals surface area contributed by atoms with Gasteiger partial charge in [0.05, 0.1) is 0 Å². The van der Waals surface area contributed by atoms with Gasteiger partial charge in [0.2, 0.25) is 17.7 Å². The van der Waals surface area contributed by atoms with E-state index in [1.807, 2.05) is 58.0 Å². The van der Waals surface area contributed by atoms with E-state index in [1.54, 1.807) is 0 Å². The lowest BCUT2D eigenvalue weighted by Gasteiger charge is -2.35. The van der Waals surface area contributed by atoms with Gasteiger partial charge in [-0.15, -0.1) is 0 Å². The van der Waals surface area contributed by atoms with Crippen LogP contribution in [-0.4, -0.2) is 51.0 Å². The summed E-state index contributed by atoms with van der Waals surface area (Å²) in [6.45, 7) is 7.58. The number of hydrogen-bond donors (Lipinski definition) is 4. The summed E-state index contributed by atoms with van der Waals surface area (Å²) in [5.74, 6) is -3.02. The van der Waals surface area contributed by atoms with Gasteiger partial charge in [0.15, 0.2) is 0 Å². The quantitative estimate of drug-likeness (QED) is 0.270. The lowest BCUT2D eigenvalue weighted by Crippen LogP contribution is -2.55. The molecule has 0 radical (unpaired) electrons. The molecule has 1 aromatic carbocycles. The van der Waals surface area contributed by atoms with E-state index in [0.717, 1.165) is 5.56 Å². The predicted molar refractivity (Wildman–Crippen MR) is 118 cm³/mol. The minimum Gasteiger partial charge on any atom is -0.480 e. The summed E-state index contributed by atoms with van der Waals surface area (Å²) in [6.07, 6.45) is 0.404. The molecule has 32 heavy (non-hydrogen) atoms. The number of nitrogens with zero attached hydrogens (tertiary/aromatic N) is 1. The second kappa shape index (κ2) is 13.5. The Hall–Kier alpha value is -2.94. The summed E-state index contributed by atoms with van der Waals surface area (Å²) in [7, 11) is 0. The molecule has 0 aromatic heterocycles. The average molecular weight is 450 g/mol. The van der Waals surface area contributed by atoms with Gasteiger partial charge in [-0.25, -0.2) is 10.3 Å². The van der Waals surface area contributed by atoms with E-state index in [-0.39, 0.29) is 37.6 Å². The average Bonchev–Trinajstić information content (AvgIpc) is 2.76. The molecule has 4 N–H and O–H groups in total. The largest absolute Gasteiger partial charge is 0.480 e. The Balaban J connectivity index is 3.25. The minimum absolute atomic E-state index is 0.0532. The minimum atomic E-state index is -1.13. The molecule has 0 saturated carbocycles. The normalized spacial score (nSPS) is 13.7. The van der Waals surface area contributed by atoms with Crippen molar-refractivity contribution in [2.75, 3.05) is 0 Å². The Bertz CT molecular complexity index is 768. The van der Waals surface area contributed by atoms with Gasteiger partial charge < -0.3 is 15.3 Å². The van der Waals surface area contributed by atoms with Crippen molar-refractivity contribution in [3.05, 3.63) is 35.9 Å². The van der Waals surface area contributed by atoms with Crippen LogP contribution in [0.2, 0.25) is 0 Å². The summed E-state index contributed by atoms with van der Waals surface area (Å²) in [4.78, 5) is 50.9. The Morgan fingerprint density at radius 1 is 1.03 bits per heavy atom. The molecule has 0 aliphatic rings. The first-order valence-corrected chi connectivity index (χ1v) is 10.9. The van der Waals surface area contributed by atoms with Crippen LogP contribution in [0.4, 0.5) is 0 Å². The van der Waals surface area contributed by atoms with Gasteiger partial charge in [-0.2, -0.15) is 0 Å². The molecule has 1 rings (SSSR count). The maximum Gasteiger partial charge on any atom is 0.326 e. The summed E-state index contributed by atoms with van der Waals surface area (Å²) in [6, 6.07) is 7.14. The highest BCUT2D eigenvalue weighted by molar-refractivity contribution is 5.91. The highest BCUT2D eigenvalue weighted by Gasteiger charge is 2.35. The number of carbonyl (C=O) groups excluding carboxylic acids is 3. The first kappa shape index (κ1) is 27.1. The molecule has 9 nitrogen and oxygen atoms in total. The number of carboxylic acid groups (broad SMARTS) is 1. The zero-order valence-corrected chi connectivity index (χ0v) is 19.2. The number of hydroxylamine groups is 1. The number of amides is 3. The molecule has 0 bridgehead atoms. The number of benzene rings is 1. The molecule has 0 aliphatic heterocycles. The Kier molecular flexibility index (Phi) is 11.4. The third kappa shape index (κ3) is 8.66. The van der Waals surface area contributed by atoms with Crippen molar-refractivity contribution in [3.63, 3.8) is 0 Å². The molecule has 3 amide bonds. The van der Waals surface area contributed by atoms with Crippen molar-refractivity contribution in [2.24, 2.45) is 11.8 Å². The fourth-order valence-electron chi connectivity index (χ4n) is 3.42. The van der Waals surface area contributed by atoms with Gasteiger partial charge in [-0.05, 0) is 23.8 Å². The second-order valence-electron chi connectivity index (χ2n) is 8.40. The molecule has 1 aromatic rings. The third-order valence-electron chi connectivity index (χ3n) is 5.32. The van der Waals surface area contributed by atoms with E-state index in [9.17, 15) is 24.3 Å². The molecule has 0 fully saturated rings. The fraction of sp³-hybridized carbons (Fsp3) is 0.565. The molecular formula is C23H35N3O6. The van der Waals surface area contributed by atoms with Gasteiger partial charge in [-0.1, -0.05) is 64.4 Å². The highest BCUT2D eigenvalue weighted by atomic mass is 16.5. The Morgan fingerprint density at radius 3 is 2.16 bits per heavy atom. The number of rotatable bonds is 13. The molecule has 0 unspecified atom stereocenters. The third-order valence-corrected chi connectivity index (χ3v) is 5.32. The molecule has 3 atom stereocenters. The Labute approximate surface area is 189 Å². The summed E-state index contributed by atoms with van der Waals surface area (Å²) >= 11 is 0. The van der Waals surface area contributed by atoms with Gasteiger partial charge >= 0.3 is 5.97 Å². The standard InChI is InChI=1S/C23H35N3O6/c1-5-16(4)21(22(29)24-18(23(30)31)13-15(2)3)26(14-17-9-7-6-8-10-17)20(28)12-11-19(27)25-32/h6-10,15-16,18,21,32H,5,11-14H2,1-4H3,(H,24,29)(H,25,27)(H,30,31)/t16-,18-,21+/m0/s1. The van der Waals surface area contributed by atoms with Crippen LogP contribution in [-0.2, 0) is 25.7 Å². The van der Waals surface area contributed by atoms with Crippen molar-refractivity contribution in [3.8, 4) is 0 Å². The number of carbonyl (C=O) groups is 4. The van der Waals surface area contributed by atoms with Crippen LogP contribution in [0.15, 0.2) is 30.3 Å². The van der Waals surface area contributed by atoms with Crippen molar-refractivity contribution < 1.29 is 29.5 Å². The smallest absolute Gasteiger partial charge is 0.326 e. The SMILES string of the molecule is CC[C@H](C)[C@H](C(=O)N[C@@H](CC(C)C)C(=O)O)N(Cc1ccccc1)C(=O)CCC(=O)NO. The van der Waals surface area contributed by atoms with Gasteiger partial charge in [0.25, 0.3) is 0 Å². The van der Waals surface area contributed by atoms with Crippen LogP contribution in [0.5, 0.6) is 0 Å². The predicted octanol–water partition coefficient (Wildman–Crippen LogP) is 2.33. The number of hydrogen-bond acceptors (Lipinski definition) is 5. The van der Waals surface area contributed by atoms with Crippen LogP contribution in [0.3, 0.4) is 0 Å². The van der Waals surface area contributed by atoms with E-state index in [4.69, 9.17) is 5.21 Å². The van der Waals surface area contributed by atoms with Gasteiger partial charge in [0, 0.05) is 19.4 Å². The molecule has 9 heteroatoms. The first-order valence-electron chi connectivity index (χ1n) is 10.9. The highest BCUT2D eigenvalue weighted by Crippen LogP contribution is 2.21. The summed E-state index contributed by atoms with van der Waals surface area (Å²) < 4.78 is 0. The van der Waals surface area contributed by atoms with Crippen LogP contribution in [0, 0.1) is 11.8 Å². The van der Waals surface area contributed by atoms with E-state index in [0.29, 0.717) is 6.42 Å². The van der Waals surface area contributed by atoms with E-state index in [1.165, 1.54) is 10.4 Å². The summed E-state index contributed by atoms with van der Waals surface area (Å²) in [5.41, 5.74) is 2.29. The molecule has 0 heterocycles. The van der Waals surface area contributed by atoms with E-state index < -0.39 is 35.8 Å². The molecule has 178 valence electrons. The number of aliphatic carboxylic acids is 1. The van der Waals surface area contributed by atoms with Crippen molar-refractivity contribution >= 4 is 23.7 Å². The zero-order chi connectivity index (χ0) is 24.3. The van der Waals surface area contributed by atoms with E-state index >= 15 is 0 Å². The van der Waals surface area contributed by atoms with Crippen LogP contribution in [0.25, 0.3) is 0 Å². The monoisotopic (exact) mass is 449 g/mol. The number of carboxylic acids is 1. The zero-order valence-electron chi connectivity index (χ0n) is 19.2. The lowest BCUT2D eigenvalue weighted by molar-refractivity contribution is -0.147. The Morgan fingerprint density at radius 2 is 1.66 bits per heavy atom.